The lowest BCUT2D eigenvalue weighted by atomic mass is 9.48. The fourth-order valence-electron chi connectivity index (χ4n) is 12.2. The Hall–Kier alpha value is -5.66. The first-order valence-corrected chi connectivity index (χ1v) is 21.3. The van der Waals surface area contributed by atoms with Crippen LogP contribution in [0.25, 0.3) is 44.5 Å². The quantitative estimate of drug-likeness (QED) is 0.157. The van der Waals surface area contributed by atoms with Crippen LogP contribution in [0.3, 0.4) is 0 Å². The molecule has 1 nitrogen and oxygen atoms in total. The van der Waals surface area contributed by atoms with Crippen molar-refractivity contribution < 1.29 is 0 Å². The van der Waals surface area contributed by atoms with Crippen molar-refractivity contribution in [2.75, 3.05) is 4.90 Å². The lowest BCUT2D eigenvalue weighted by Crippen LogP contribution is -2.48. The molecule has 12 rings (SSSR count). The van der Waals surface area contributed by atoms with Gasteiger partial charge in [-0.15, -0.1) is 0 Å². The summed E-state index contributed by atoms with van der Waals surface area (Å²) in [6, 6.07) is 61.8. The standard InChI is InChI=1S/C56H51N/c1-37-17-27-51-52-28-26-46(33-54(52)55(2,3)53(51)29-37)57(45-24-20-43(21-25-45)56-34-38-30-39(35-56)32-40(31-38)36-56)44-22-18-42(19-23-44)48-14-8-10-16-50(48)49-15-9-7-13-47(49)41-11-5-4-6-12-41/h4-29,33,38-40H,30-32,34-36H2,1-3H3. The van der Waals surface area contributed by atoms with Crippen LogP contribution >= 0.6 is 0 Å². The molecule has 0 heterocycles. The predicted molar refractivity (Wildman–Crippen MR) is 240 cm³/mol. The summed E-state index contributed by atoms with van der Waals surface area (Å²) in [7, 11) is 0. The minimum Gasteiger partial charge on any atom is -0.310 e. The summed E-state index contributed by atoms with van der Waals surface area (Å²) < 4.78 is 0. The Morgan fingerprint density at radius 3 is 1.46 bits per heavy atom. The zero-order valence-corrected chi connectivity index (χ0v) is 33.5. The van der Waals surface area contributed by atoms with E-state index in [0.717, 1.165) is 17.8 Å². The van der Waals surface area contributed by atoms with Gasteiger partial charge in [-0.2, -0.15) is 0 Å². The number of nitrogens with zero attached hydrogens (tertiary/aromatic N) is 1. The Balaban J connectivity index is 0.999. The fraction of sp³-hybridized carbons (Fsp3) is 0.250. The van der Waals surface area contributed by atoms with E-state index in [1.165, 1.54) is 117 Å². The second-order valence-corrected chi connectivity index (χ2v) is 18.5. The minimum absolute atomic E-state index is 0.0790. The van der Waals surface area contributed by atoms with E-state index in [4.69, 9.17) is 0 Å². The molecule has 0 atom stereocenters. The largest absolute Gasteiger partial charge is 0.310 e. The molecule has 4 bridgehead atoms. The number of rotatable bonds is 7. The van der Waals surface area contributed by atoms with E-state index in [1.54, 1.807) is 5.56 Å². The summed E-state index contributed by atoms with van der Waals surface area (Å²) in [5.74, 6) is 2.81. The molecule has 5 aliphatic rings. The molecule has 0 aliphatic heterocycles. The van der Waals surface area contributed by atoms with Crippen molar-refractivity contribution >= 4 is 17.1 Å². The third-order valence-corrected chi connectivity index (χ3v) is 14.5. The Labute approximate surface area is 339 Å². The Kier molecular flexibility index (Phi) is 8.01. The van der Waals surface area contributed by atoms with Gasteiger partial charge in [0.2, 0.25) is 0 Å². The maximum absolute atomic E-state index is 2.50. The molecule has 0 N–H and O–H groups in total. The van der Waals surface area contributed by atoms with Crippen LogP contribution in [0.15, 0.2) is 164 Å². The fourth-order valence-corrected chi connectivity index (χ4v) is 12.2. The molecule has 5 aliphatic carbocycles. The van der Waals surface area contributed by atoms with E-state index < -0.39 is 0 Å². The summed E-state index contributed by atoms with van der Waals surface area (Å²) in [6.07, 6.45) is 8.60. The second-order valence-electron chi connectivity index (χ2n) is 18.5. The maximum atomic E-state index is 2.50. The van der Waals surface area contributed by atoms with Gasteiger partial charge in [-0.1, -0.05) is 147 Å². The summed E-state index contributed by atoms with van der Waals surface area (Å²) >= 11 is 0. The van der Waals surface area contributed by atoms with E-state index >= 15 is 0 Å². The summed E-state index contributed by atoms with van der Waals surface area (Å²) in [6.45, 7) is 7.01. The molecule has 1 heteroatoms. The first kappa shape index (κ1) is 34.6. The molecule has 0 aromatic heterocycles. The van der Waals surface area contributed by atoms with E-state index in [-0.39, 0.29) is 5.41 Å². The Morgan fingerprint density at radius 2 is 0.877 bits per heavy atom. The highest BCUT2D eigenvalue weighted by Gasteiger charge is 2.51. The first-order chi connectivity index (χ1) is 27.8. The highest BCUT2D eigenvalue weighted by Crippen LogP contribution is 2.61. The van der Waals surface area contributed by atoms with Crippen LogP contribution in [0.1, 0.15) is 74.6 Å². The molecule has 0 unspecified atom stereocenters. The summed E-state index contributed by atoms with van der Waals surface area (Å²) in [4.78, 5) is 2.49. The zero-order valence-electron chi connectivity index (χ0n) is 33.5. The second kappa shape index (κ2) is 13.2. The van der Waals surface area contributed by atoms with Crippen molar-refractivity contribution in [2.45, 2.75) is 70.1 Å². The van der Waals surface area contributed by atoms with Gasteiger partial charge < -0.3 is 4.90 Å². The van der Waals surface area contributed by atoms with Crippen LogP contribution in [0, 0.1) is 24.7 Å². The van der Waals surface area contributed by atoms with Gasteiger partial charge in [-0.25, -0.2) is 0 Å². The van der Waals surface area contributed by atoms with Crippen LogP contribution in [-0.2, 0) is 10.8 Å². The van der Waals surface area contributed by atoms with Gasteiger partial charge in [0.25, 0.3) is 0 Å². The monoisotopic (exact) mass is 737 g/mol. The smallest absolute Gasteiger partial charge is 0.0465 e. The first-order valence-electron chi connectivity index (χ1n) is 21.3. The molecule has 7 aromatic carbocycles. The topological polar surface area (TPSA) is 3.24 Å². The van der Waals surface area contributed by atoms with Crippen molar-refractivity contribution in [3.05, 3.63) is 186 Å². The number of benzene rings is 7. The molecule has 57 heavy (non-hydrogen) atoms. The highest BCUT2D eigenvalue weighted by molar-refractivity contribution is 5.92. The molecule has 7 aromatic rings. The molecule has 0 saturated heterocycles. The summed E-state index contributed by atoms with van der Waals surface area (Å²) in [5, 5.41) is 0. The zero-order chi connectivity index (χ0) is 38.3. The Bertz CT molecular complexity index is 2590. The average Bonchev–Trinajstić information content (AvgIpc) is 3.46. The normalized spacial score (nSPS) is 22.3. The van der Waals surface area contributed by atoms with Gasteiger partial charge in [0.15, 0.2) is 0 Å². The third kappa shape index (κ3) is 5.73. The van der Waals surface area contributed by atoms with Gasteiger partial charge in [0, 0.05) is 22.5 Å². The van der Waals surface area contributed by atoms with Crippen molar-refractivity contribution in [1.82, 2.24) is 0 Å². The van der Waals surface area contributed by atoms with Crippen molar-refractivity contribution in [2.24, 2.45) is 17.8 Å². The van der Waals surface area contributed by atoms with Crippen LogP contribution < -0.4 is 4.90 Å². The van der Waals surface area contributed by atoms with Crippen molar-refractivity contribution in [3.63, 3.8) is 0 Å². The van der Waals surface area contributed by atoms with Crippen molar-refractivity contribution in [3.8, 4) is 44.5 Å². The summed E-state index contributed by atoms with van der Waals surface area (Å²) in [5.41, 5.74) is 19.8. The molecule has 4 fully saturated rings. The van der Waals surface area contributed by atoms with Gasteiger partial charge in [0.05, 0.1) is 0 Å². The van der Waals surface area contributed by atoms with Gasteiger partial charge in [-0.05, 0) is 166 Å². The van der Waals surface area contributed by atoms with Gasteiger partial charge in [0.1, 0.15) is 0 Å². The van der Waals surface area contributed by atoms with E-state index in [1.807, 2.05) is 0 Å². The number of fused-ring (bicyclic) bond motifs is 3. The third-order valence-electron chi connectivity index (χ3n) is 14.5. The lowest BCUT2D eigenvalue weighted by molar-refractivity contribution is -0.00518. The van der Waals surface area contributed by atoms with Crippen molar-refractivity contribution in [1.29, 1.82) is 0 Å². The highest BCUT2D eigenvalue weighted by atomic mass is 15.1. The van der Waals surface area contributed by atoms with E-state index in [0.29, 0.717) is 5.41 Å². The van der Waals surface area contributed by atoms with E-state index in [9.17, 15) is 0 Å². The molecular formula is C56H51N. The molecule has 0 radical (unpaired) electrons. The average molecular weight is 738 g/mol. The molecule has 0 spiro atoms. The number of hydrogen-bond acceptors (Lipinski definition) is 1. The number of aryl methyl sites for hydroxylation is 1. The van der Waals surface area contributed by atoms with E-state index in [2.05, 4.69) is 189 Å². The molecule has 280 valence electrons. The van der Waals surface area contributed by atoms with Crippen LogP contribution in [0.2, 0.25) is 0 Å². The lowest BCUT2D eigenvalue weighted by Gasteiger charge is -2.57. The van der Waals surface area contributed by atoms with Crippen LogP contribution in [-0.4, -0.2) is 0 Å². The van der Waals surface area contributed by atoms with Gasteiger partial charge in [-0.3, -0.25) is 0 Å². The van der Waals surface area contributed by atoms with Crippen LogP contribution in [0.4, 0.5) is 17.1 Å². The number of anilines is 3. The molecular weight excluding hydrogens is 687 g/mol. The Morgan fingerprint density at radius 1 is 0.421 bits per heavy atom. The molecule has 0 amide bonds. The molecule has 4 saturated carbocycles. The van der Waals surface area contributed by atoms with Crippen LogP contribution in [0.5, 0.6) is 0 Å². The van der Waals surface area contributed by atoms with Gasteiger partial charge >= 0.3 is 0 Å². The SMILES string of the molecule is Cc1ccc2c(c1)C(C)(C)c1cc(N(c3ccc(-c4ccccc4-c4ccccc4-c4ccccc4)cc3)c3ccc(C45CC6CC(CC(C6)C4)C5)cc3)ccc1-2. The minimum atomic E-state index is -0.0790. The number of hydrogen-bond donors (Lipinski definition) is 0. The predicted octanol–water partition coefficient (Wildman–Crippen LogP) is 15.2. The maximum Gasteiger partial charge on any atom is 0.0465 e.